The summed E-state index contributed by atoms with van der Waals surface area (Å²) in [6.45, 7) is 2.20. The first-order valence-corrected chi connectivity index (χ1v) is 32.5. The highest BCUT2D eigenvalue weighted by Gasteiger charge is 2.43. The zero-order valence-corrected chi connectivity index (χ0v) is 51.7. The highest BCUT2D eigenvalue weighted by Crippen LogP contribution is 2.62. The molecule has 0 spiro atoms. The number of hydrogen-bond acceptors (Lipinski definition) is 16. The summed E-state index contributed by atoms with van der Waals surface area (Å²) in [6, 6.07) is 51.8. The Kier molecular flexibility index (Phi) is 18.1. The maximum atomic E-state index is 7.14. The van der Waals surface area contributed by atoms with Gasteiger partial charge in [-0.25, -0.2) is 0 Å². The van der Waals surface area contributed by atoms with Crippen LogP contribution in [0.3, 0.4) is 0 Å². The molecule has 8 aromatic carbocycles. The van der Waals surface area contributed by atoms with Gasteiger partial charge in [-0.05, 0) is 97.9 Å². The van der Waals surface area contributed by atoms with Crippen LogP contribution >= 0.6 is 0 Å². The van der Waals surface area contributed by atoms with Crippen molar-refractivity contribution in [3.63, 3.8) is 0 Å². The Labute approximate surface area is 536 Å². The predicted molar refractivity (Wildman–Crippen MR) is 342 cm³/mol. The largest absolute Gasteiger partial charge is 0.484 e. The van der Waals surface area contributed by atoms with E-state index in [0.29, 0.717) is 147 Å². The summed E-state index contributed by atoms with van der Waals surface area (Å²) in [5.74, 6) is 4.01. The van der Waals surface area contributed by atoms with Crippen LogP contribution < -0.4 is 56.8 Å². The SMILES string of the molecule is c1ccc(CCC2c3cc4c5c6c3OCOc3c2cc2c(c3OCCOCCOCCO6)OCOc3c(cc6c7c3OCCOCCOCCOc3c(c(cc(c3OCO5)C4CCc3ccccc3)C6CCc3ccccc3)OCO7)C2CCc2ccccc2)cc1. The molecule has 20 bridgehead atoms. The van der Waals surface area contributed by atoms with Gasteiger partial charge in [0.2, 0.25) is 50.2 Å². The summed E-state index contributed by atoms with van der Waals surface area (Å²) < 4.78 is 110. The van der Waals surface area contributed by atoms with Crippen LogP contribution in [0.5, 0.6) is 69.0 Å². The Morgan fingerprint density at radius 1 is 0.207 bits per heavy atom. The quantitative estimate of drug-likeness (QED) is 0.114. The summed E-state index contributed by atoms with van der Waals surface area (Å²) in [7, 11) is 0. The third-order valence-corrected chi connectivity index (χ3v) is 18.5. The van der Waals surface area contributed by atoms with Gasteiger partial charge in [0, 0.05) is 68.2 Å². The second-order valence-electron chi connectivity index (χ2n) is 23.9. The van der Waals surface area contributed by atoms with E-state index in [4.69, 9.17) is 75.8 Å². The number of hydrogen-bond donors (Lipinski definition) is 0. The Bertz CT molecular complexity index is 3440. The minimum Gasteiger partial charge on any atom is -0.484 e. The standard InChI is InChI=1S/C76H76O16/c1-5-13-49(14-6-1)21-25-53-57-41-61-55(27-23-51-17-9-3-10-18-51)63-43-59-54(26-22-50-15-7-2-8-16-50)60-44-64-56(28-24-52-19-11-4-12-20-52)62-42-58(53)66-74-70(62)90-48-92-72(64)76-68(60)88-46-87-67(59)75(83-39-35-79-31-32-80-36-40-84-76)71(63)91-47-89-69(61)73(65(57)85-45-86-66)81-37-33-77-29-30-78-34-38-82-74/h1-20,41-44,53-56H,21-40,45-48H2. The van der Waals surface area contributed by atoms with E-state index in [2.05, 4.69) is 146 Å². The van der Waals surface area contributed by atoms with E-state index in [1.54, 1.807) is 0 Å². The molecule has 1 aliphatic carbocycles. The van der Waals surface area contributed by atoms with Gasteiger partial charge in [-0.15, -0.1) is 0 Å². The fraction of sp³-hybridized carbons (Fsp3) is 0.368. The molecule has 0 N–H and O–H groups in total. The lowest BCUT2D eigenvalue weighted by atomic mass is 9.75. The van der Waals surface area contributed by atoms with Gasteiger partial charge in [-0.1, -0.05) is 121 Å². The van der Waals surface area contributed by atoms with Crippen molar-refractivity contribution in [1.82, 2.24) is 0 Å². The molecule has 0 unspecified atom stereocenters. The van der Waals surface area contributed by atoms with E-state index in [-0.39, 0.29) is 80.0 Å². The molecule has 15 rings (SSSR count). The Hall–Kier alpha value is -8.80. The Morgan fingerprint density at radius 3 is 0.587 bits per heavy atom. The first kappa shape index (κ1) is 59.5. The van der Waals surface area contributed by atoms with Gasteiger partial charge in [0.25, 0.3) is 0 Å². The summed E-state index contributed by atoms with van der Waals surface area (Å²) in [4.78, 5) is 0. The average Bonchev–Trinajstić information content (AvgIpc) is 0.735. The molecule has 7 aliphatic rings. The van der Waals surface area contributed by atoms with Crippen molar-refractivity contribution >= 4 is 0 Å². The zero-order chi connectivity index (χ0) is 61.4. The molecule has 0 saturated heterocycles. The molecule has 0 fully saturated rings. The van der Waals surface area contributed by atoms with E-state index in [0.717, 1.165) is 44.5 Å². The van der Waals surface area contributed by atoms with Gasteiger partial charge >= 0.3 is 0 Å². The zero-order valence-electron chi connectivity index (χ0n) is 51.7. The topological polar surface area (TPSA) is 148 Å². The van der Waals surface area contributed by atoms with Crippen LogP contribution in [0.25, 0.3) is 0 Å². The second-order valence-corrected chi connectivity index (χ2v) is 23.9. The fourth-order valence-corrected chi connectivity index (χ4v) is 14.2. The molecule has 92 heavy (non-hydrogen) atoms. The summed E-state index contributed by atoms with van der Waals surface area (Å²) in [6.07, 6.45) is 5.22. The molecule has 6 aliphatic heterocycles. The average molecular weight is 1250 g/mol. The number of fused-ring (bicyclic) bond motifs is 2. The van der Waals surface area contributed by atoms with Crippen LogP contribution in [-0.2, 0) is 44.6 Å². The third-order valence-electron chi connectivity index (χ3n) is 18.5. The van der Waals surface area contributed by atoms with E-state index in [1.807, 2.05) is 0 Å². The van der Waals surface area contributed by atoms with E-state index in [1.165, 1.54) is 22.3 Å². The second kappa shape index (κ2) is 28.0. The van der Waals surface area contributed by atoms with Crippen LogP contribution in [0.1, 0.15) is 116 Å². The van der Waals surface area contributed by atoms with Crippen LogP contribution in [0.15, 0.2) is 146 Å². The molecule has 0 aromatic heterocycles. The molecule has 16 nitrogen and oxygen atoms in total. The maximum Gasteiger partial charge on any atom is 0.231 e. The van der Waals surface area contributed by atoms with Crippen molar-refractivity contribution in [3.8, 4) is 69.0 Å². The first-order chi connectivity index (χ1) is 45.7. The Balaban J connectivity index is 1.09. The third kappa shape index (κ3) is 12.4. The van der Waals surface area contributed by atoms with Crippen LogP contribution in [0.2, 0.25) is 0 Å². The van der Waals surface area contributed by atoms with Gasteiger partial charge in [0.15, 0.2) is 46.0 Å². The minimum absolute atomic E-state index is 0.174. The number of rotatable bonds is 12. The highest BCUT2D eigenvalue weighted by molar-refractivity contribution is 5.73. The van der Waals surface area contributed by atoms with E-state index in [9.17, 15) is 0 Å². The van der Waals surface area contributed by atoms with Crippen LogP contribution in [0, 0.1) is 0 Å². The lowest BCUT2D eigenvalue weighted by Crippen LogP contribution is -2.25. The van der Waals surface area contributed by atoms with Gasteiger partial charge in [0.05, 0.1) is 52.9 Å². The molecule has 16 heteroatoms. The number of ether oxygens (including phenoxy) is 16. The fourth-order valence-electron chi connectivity index (χ4n) is 14.2. The van der Waals surface area contributed by atoms with Gasteiger partial charge < -0.3 is 75.8 Å². The smallest absolute Gasteiger partial charge is 0.231 e. The molecule has 0 radical (unpaired) electrons. The van der Waals surface area contributed by atoms with E-state index >= 15 is 0 Å². The van der Waals surface area contributed by atoms with Gasteiger partial charge in [-0.3, -0.25) is 0 Å². The van der Waals surface area contributed by atoms with Crippen molar-refractivity contribution in [2.24, 2.45) is 0 Å². The van der Waals surface area contributed by atoms with Crippen molar-refractivity contribution in [3.05, 3.63) is 212 Å². The molecular weight excluding hydrogens is 1170 g/mol. The lowest BCUT2D eigenvalue weighted by Gasteiger charge is -2.37. The Morgan fingerprint density at radius 2 is 0.391 bits per heavy atom. The molecule has 0 saturated carbocycles. The van der Waals surface area contributed by atoms with Crippen molar-refractivity contribution < 1.29 is 75.8 Å². The van der Waals surface area contributed by atoms with Crippen molar-refractivity contribution in [2.45, 2.75) is 75.0 Å². The monoisotopic (exact) mass is 1240 g/mol. The summed E-state index contributed by atoms with van der Waals surface area (Å²) >= 11 is 0. The van der Waals surface area contributed by atoms with Crippen LogP contribution in [-0.4, -0.2) is 106 Å². The number of aryl methyl sites for hydroxylation is 4. The summed E-state index contributed by atoms with van der Waals surface area (Å²) in [5.41, 5.74) is 11.9. The predicted octanol–water partition coefficient (Wildman–Crippen LogP) is 13.6. The number of benzene rings is 8. The highest BCUT2D eigenvalue weighted by atomic mass is 16.7. The van der Waals surface area contributed by atoms with Crippen molar-refractivity contribution in [2.75, 3.05) is 106 Å². The lowest BCUT2D eigenvalue weighted by molar-refractivity contribution is 0.0246. The van der Waals surface area contributed by atoms with Crippen molar-refractivity contribution in [1.29, 1.82) is 0 Å². The van der Waals surface area contributed by atoms with Crippen LogP contribution in [0.4, 0.5) is 0 Å². The molecular formula is C76H76O16. The molecule has 0 atom stereocenters. The first-order valence-electron chi connectivity index (χ1n) is 32.5. The summed E-state index contributed by atoms with van der Waals surface area (Å²) in [5, 5.41) is 0. The van der Waals surface area contributed by atoms with E-state index < -0.39 is 23.7 Å². The molecule has 476 valence electrons. The normalized spacial score (nSPS) is 19.8. The molecule has 8 aromatic rings. The molecule has 6 heterocycles. The van der Waals surface area contributed by atoms with Gasteiger partial charge in [0.1, 0.15) is 26.4 Å². The maximum absolute atomic E-state index is 7.14. The molecule has 0 amide bonds. The van der Waals surface area contributed by atoms with Gasteiger partial charge in [-0.2, -0.15) is 0 Å². The minimum atomic E-state index is -0.436.